The molecule has 8 aromatic rings. The van der Waals surface area contributed by atoms with Gasteiger partial charge in [-0.05, 0) is 92.7 Å². The van der Waals surface area contributed by atoms with Crippen molar-refractivity contribution in [3.05, 3.63) is 192 Å². The van der Waals surface area contributed by atoms with Crippen LogP contribution in [0.25, 0.3) is 45.0 Å². The number of esters is 2. The first kappa shape index (κ1) is 71.7. The van der Waals surface area contributed by atoms with Gasteiger partial charge < -0.3 is 28.8 Å². The first-order valence-electron chi connectivity index (χ1n) is 24.8. The molecule has 4 aromatic heterocycles. The van der Waals surface area contributed by atoms with Crippen molar-refractivity contribution in [1.29, 1.82) is 0 Å². The van der Waals surface area contributed by atoms with Crippen LogP contribution >= 0.6 is 34.8 Å². The van der Waals surface area contributed by atoms with Gasteiger partial charge in [-0.3, -0.25) is 14.0 Å². The van der Waals surface area contributed by atoms with Crippen LogP contribution < -0.4 is 14.2 Å². The molecule has 466 valence electrons. The van der Waals surface area contributed by atoms with Gasteiger partial charge in [-0.1, -0.05) is 65.7 Å². The maximum Gasteiger partial charge on any atom is 0.357 e. The van der Waals surface area contributed by atoms with Crippen molar-refractivity contribution in [1.82, 2.24) is 19.9 Å². The highest BCUT2D eigenvalue weighted by Crippen LogP contribution is 2.39. The molecular formula is C60H48Cl3F11N4O10. The molecule has 4 heterocycles. The first-order valence-corrected chi connectivity index (χ1v) is 25.9. The van der Waals surface area contributed by atoms with E-state index in [1.165, 1.54) is 63.8 Å². The van der Waals surface area contributed by atoms with Gasteiger partial charge in [0.25, 0.3) is 5.24 Å². The van der Waals surface area contributed by atoms with Crippen LogP contribution in [0.2, 0.25) is 10.0 Å². The Kier molecular flexibility index (Phi) is 26.3. The number of aryl methyl sites for hydroxylation is 3. The molecule has 0 saturated heterocycles. The average Bonchev–Trinajstić information content (AvgIpc) is 3.62. The fourth-order valence-electron chi connectivity index (χ4n) is 7.54. The van der Waals surface area contributed by atoms with E-state index in [9.17, 15) is 67.5 Å². The molecule has 14 nitrogen and oxygen atoms in total. The number of carbonyl (C=O) groups excluding carboxylic acids is 4. The third kappa shape index (κ3) is 17.0. The minimum Gasteiger partial charge on any atom is -0.493 e. The quantitative estimate of drug-likeness (QED) is 0.0653. The summed E-state index contributed by atoms with van der Waals surface area (Å²) in [4.78, 5) is 59.9. The Labute approximate surface area is 509 Å². The van der Waals surface area contributed by atoms with Crippen molar-refractivity contribution in [2.24, 2.45) is 0 Å². The smallest absolute Gasteiger partial charge is 0.357 e. The normalized spacial score (nSPS) is 10.4. The summed E-state index contributed by atoms with van der Waals surface area (Å²) in [5.41, 5.74) is -1.71. The molecular weight excluding hydrogens is 1250 g/mol. The lowest BCUT2D eigenvalue weighted by molar-refractivity contribution is 0.0369. The number of alkyl halides is 1. The molecule has 0 fully saturated rings. The number of carbonyl (C=O) groups is 4. The number of halogens is 14. The zero-order valence-corrected chi connectivity index (χ0v) is 49.8. The lowest BCUT2D eigenvalue weighted by Crippen LogP contribution is -2.14. The molecule has 28 heteroatoms. The van der Waals surface area contributed by atoms with E-state index in [0.717, 1.165) is 13.2 Å². The number of hydrogen-bond acceptors (Lipinski definition) is 14. The number of ether oxygens (including phenoxy) is 5. The maximum absolute atomic E-state index is 14.5. The number of pyridine rings is 4. The third-order valence-electron chi connectivity index (χ3n) is 11.7. The first-order chi connectivity index (χ1) is 41.5. The molecule has 0 aliphatic heterocycles. The van der Waals surface area contributed by atoms with Crippen molar-refractivity contribution in [3.63, 3.8) is 0 Å². The highest BCUT2D eigenvalue weighted by molar-refractivity contribution is 6.67. The van der Waals surface area contributed by atoms with Gasteiger partial charge in [0, 0.05) is 40.5 Å². The molecule has 0 saturated carbocycles. The van der Waals surface area contributed by atoms with Crippen LogP contribution in [0.1, 0.15) is 78.1 Å². The van der Waals surface area contributed by atoms with E-state index >= 15 is 0 Å². The second kappa shape index (κ2) is 32.3. The number of aliphatic hydroxyl groups is 1. The minimum atomic E-state index is -2.05. The predicted molar refractivity (Wildman–Crippen MR) is 303 cm³/mol. The van der Waals surface area contributed by atoms with Crippen molar-refractivity contribution < 1.29 is 96.3 Å². The molecule has 0 unspecified atom stereocenters. The predicted octanol–water partition coefficient (Wildman–Crippen LogP) is 15.4. The Hall–Kier alpha value is -8.78. The number of nitrogens with zero attached hydrogens (tertiary/aromatic N) is 4. The third-order valence-corrected chi connectivity index (χ3v) is 12.6. The largest absolute Gasteiger partial charge is 0.493 e. The zero-order valence-electron chi connectivity index (χ0n) is 47.6. The number of hydrogen-bond donors (Lipinski definition) is 1. The minimum absolute atomic E-state index is 0.0307. The van der Waals surface area contributed by atoms with Gasteiger partial charge >= 0.3 is 18.0 Å². The van der Waals surface area contributed by atoms with E-state index in [1.807, 2.05) is 0 Å². The molecule has 0 spiro atoms. The molecule has 4 aromatic carbocycles. The summed E-state index contributed by atoms with van der Waals surface area (Å²) in [7, 11) is 5.39. The molecule has 0 aliphatic rings. The van der Waals surface area contributed by atoms with E-state index < -0.39 is 110 Å². The monoisotopic (exact) mass is 1300 g/mol. The van der Waals surface area contributed by atoms with E-state index in [0.29, 0.717) is 53.2 Å². The number of aliphatic hydroxyl groups excluding tert-OH is 1. The van der Waals surface area contributed by atoms with E-state index in [2.05, 4.69) is 24.7 Å². The lowest BCUT2D eigenvalue weighted by atomic mass is 10.1. The zero-order chi connectivity index (χ0) is 66.2. The molecule has 8 rings (SSSR count). The Bertz CT molecular complexity index is 3780. The van der Waals surface area contributed by atoms with Crippen LogP contribution in [0, 0.1) is 73.1 Å². The fourth-order valence-corrected chi connectivity index (χ4v) is 8.02. The van der Waals surface area contributed by atoms with Crippen molar-refractivity contribution in [2.45, 2.75) is 47.3 Å². The van der Waals surface area contributed by atoms with Gasteiger partial charge in [0.05, 0.1) is 64.1 Å². The Balaban J connectivity index is 0.000000248. The van der Waals surface area contributed by atoms with Crippen molar-refractivity contribution >= 4 is 58.0 Å². The van der Waals surface area contributed by atoms with E-state index in [-0.39, 0.29) is 67.8 Å². The molecule has 0 bridgehead atoms. The number of aromatic nitrogens is 4. The highest BCUT2D eigenvalue weighted by atomic mass is 35.5. The fraction of sp³-hybridized carbons (Fsp3) is 0.200. The summed E-state index contributed by atoms with van der Waals surface area (Å²) in [6.45, 7) is 7.98. The van der Waals surface area contributed by atoms with Crippen LogP contribution in [-0.2, 0) is 16.1 Å². The standard InChI is InChI=1S/C16H15F2NO3.C15H12F3NO3.C14H9Cl3FNO2.C14H9F4NO2.CH3F/c1-9(2)22-16(21)13-7-12(17)14(18)15(19-13)11-5-3-10(8-20)4-6-11;1-7-4-5-8(11(17)14(7)21-2)13-12(18)9(16)6-10(19-13)15(20)22-3;1-6-3-4-7(11(18)13(6)21-2)12-10(16)8(15)5-9(19-12)14(17)20;1-6-3-4-7(10(16)13(6)21-2)12-11(17)8(15)5-9(19-12)14(18)20;1-2/h3-7,9,20H,8H2,1-2H3;4-6H,1-3H3;2*3-5H,1-2H3;1H3. The molecule has 0 amide bonds. The van der Waals surface area contributed by atoms with E-state index in [4.69, 9.17) is 58.9 Å². The molecule has 88 heavy (non-hydrogen) atoms. The number of methoxy groups -OCH3 is 4. The second-order valence-corrected chi connectivity index (χ2v) is 18.9. The maximum atomic E-state index is 14.5. The molecule has 0 radical (unpaired) electrons. The SMILES string of the molecule is CC(C)OC(=O)c1cc(F)c(F)c(-c2ccc(CO)cc2)n1.CF.COC(=O)c1cc(F)c(F)c(-c2ccc(C)c(OC)c2F)n1.COc1c(C)ccc(-c2nc(C(=O)Cl)cc(Cl)c2Cl)c1F.COc1c(C)ccc(-c2nc(C(=O)F)cc(F)c2F)c1F. The molecule has 1 N–H and O–H groups in total. The van der Waals surface area contributed by atoms with Gasteiger partial charge in [-0.2, -0.15) is 4.39 Å². The van der Waals surface area contributed by atoms with E-state index in [1.54, 1.807) is 52.8 Å². The van der Waals surface area contributed by atoms with Gasteiger partial charge in [0.2, 0.25) is 0 Å². The van der Waals surface area contributed by atoms with Crippen LogP contribution in [-0.4, -0.2) is 90.0 Å². The molecule has 0 aliphatic carbocycles. The lowest BCUT2D eigenvalue weighted by Gasteiger charge is -2.12. The highest BCUT2D eigenvalue weighted by Gasteiger charge is 2.26. The van der Waals surface area contributed by atoms with Gasteiger partial charge in [-0.25, -0.2) is 69.0 Å². The van der Waals surface area contributed by atoms with Crippen LogP contribution in [0.3, 0.4) is 0 Å². The Morgan fingerprint density at radius 2 is 0.864 bits per heavy atom. The Morgan fingerprint density at radius 1 is 0.500 bits per heavy atom. The average molecular weight is 1300 g/mol. The Morgan fingerprint density at radius 3 is 1.24 bits per heavy atom. The summed E-state index contributed by atoms with van der Waals surface area (Å²) in [5.74, 6) is -12.5. The van der Waals surface area contributed by atoms with Gasteiger partial charge in [0.1, 0.15) is 28.5 Å². The van der Waals surface area contributed by atoms with Gasteiger partial charge in [0.15, 0.2) is 81.0 Å². The number of benzene rings is 4. The van der Waals surface area contributed by atoms with Gasteiger partial charge in [-0.15, -0.1) is 0 Å². The summed E-state index contributed by atoms with van der Waals surface area (Å²) >= 11 is 17.4. The number of rotatable bonds is 13. The summed E-state index contributed by atoms with van der Waals surface area (Å²) in [5, 5.41) is 8.27. The van der Waals surface area contributed by atoms with Crippen LogP contribution in [0.5, 0.6) is 17.2 Å². The molecule has 0 atom stereocenters. The summed E-state index contributed by atoms with van der Waals surface area (Å²) in [6.07, 6.45) is -0.394. The topological polar surface area (TPSA) is 186 Å². The van der Waals surface area contributed by atoms with Crippen molar-refractivity contribution in [3.8, 4) is 62.3 Å². The van der Waals surface area contributed by atoms with Crippen LogP contribution in [0.4, 0.5) is 48.3 Å². The van der Waals surface area contributed by atoms with Crippen LogP contribution in [0.15, 0.2) is 84.9 Å². The summed E-state index contributed by atoms with van der Waals surface area (Å²) < 4.78 is 172. The second-order valence-electron chi connectivity index (χ2n) is 17.8. The summed E-state index contributed by atoms with van der Waals surface area (Å²) in [6, 6.07) is 15.3. The van der Waals surface area contributed by atoms with Crippen molar-refractivity contribution in [2.75, 3.05) is 35.6 Å².